The van der Waals surface area contributed by atoms with Gasteiger partial charge in [0.2, 0.25) is 17.5 Å². The molecule has 7 heteroatoms. The number of carbonyl (C=O) groups excluding carboxylic acids is 1. The lowest BCUT2D eigenvalue weighted by atomic mass is 9.94. The van der Waals surface area contributed by atoms with E-state index in [9.17, 15) is 10.1 Å². The number of fused-ring (bicyclic) bond motifs is 1. The van der Waals surface area contributed by atoms with Crippen LogP contribution in [-0.2, 0) is 17.8 Å². The molecular formula is C19H21N5O2. The van der Waals surface area contributed by atoms with Crippen molar-refractivity contribution in [3.8, 4) is 6.07 Å². The zero-order valence-electron chi connectivity index (χ0n) is 14.8. The van der Waals surface area contributed by atoms with Gasteiger partial charge in [-0.2, -0.15) is 5.26 Å². The number of nitriles is 1. The van der Waals surface area contributed by atoms with Gasteiger partial charge in [0.25, 0.3) is 0 Å². The van der Waals surface area contributed by atoms with E-state index in [0.717, 1.165) is 37.1 Å². The van der Waals surface area contributed by atoms with Crippen molar-refractivity contribution >= 4 is 11.8 Å². The van der Waals surface area contributed by atoms with Crippen molar-refractivity contribution in [3.05, 3.63) is 41.2 Å². The van der Waals surface area contributed by atoms with Crippen LogP contribution in [0.2, 0.25) is 0 Å². The third-order valence-electron chi connectivity index (χ3n) is 5.23. The zero-order chi connectivity index (χ0) is 18.1. The molecule has 0 radical (unpaired) electrons. The van der Waals surface area contributed by atoms with Crippen LogP contribution in [-0.4, -0.2) is 40.4 Å². The van der Waals surface area contributed by atoms with Crippen LogP contribution in [0.15, 0.2) is 22.7 Å². The van der Waals surface area contributed by atoms with Gasteiger partial charge in [-0.15, -0.1) is 0 Å². The second kappa shape index (κ2) is 6.79. The summed E-state index contributed by atoms with van der Waals surface area (Å²) in [6.07, 6.45) is 4.16. The molecule has 0 N–H and O–H groups in total. The van der Waals surface area contributed by atoms with Crippen LogP contribution in [0.5, 0.6) is 0 Å². The molecule has 1 fully saturated rings. The van der Waals surface area contributed by atoms with Gasteiger partial charge in [0.1, 0.15) is 6.07 Å². The highest BCUT2D eigenvalue weighted by Crippen LogP contribution is 2.29. The van der Waals surface area contributed by atoms with Gasteiger partial charge >= 0.3 is 0 Å². The average Bonchev–Trinajstić information content (AvgIpc) is 3.08. The van der Waals surface area contributed by atoms with Crippen molar-refractivity contribution in [2.75, 3.05) is 24.5 Å². The average molecular weight is 351 g/mol. The Morgan fingerprint density at radius 2 is 2.15 bits per heavy atom. The molecule has 0 saturated carbocycles. The van der Waals surface area contributed by atoms with Gasteiger partial charge in [-0.1, -0.05) is 6.07 Å². The minimum atomic E-state index is 0.0269. The molecule has 134 valence electrons. The van der Waals surface area contributed by atoms with E-state index < -0.39 is 0 Å². The molecule has 26 heavy (non-hydrogen) atoms. The fraction of sp³-hybridized carbons (Fsp3) is 0.474. The van der Waals surface area contributed by atoms with Crippen LogP contribution in [0.25, 0.3) is 0 Å². The number of hydrogen-bond donors (Lipinski definition) is 0. The summed E-state index contributed by atoms with van der Waals surface area (Å²) in [5.74, 6) is 1.29. The maximum absolute atomic E-state index is 12.9. The first-order valence-electron chi connectivity index (χ1n) is 8.99. The van der Waals surface area contributed by atoms with Crippen LogP contribution in [0.3, 0.4) is 0 Å². The molecule has 2 aromatic rings. The summed E-state index contributed by atoms with van der Waals surface area (Å²) in [5.41, 5.74) is 2.59. The van der Waals surface area contributed by atoms with Crippen LogP contribution in [0.1, 0.15) is 35.7 Å². The molecule has 7 nitrogen and oxygen atoms in total. The minimum Gasteiger partial charge on any atom is -0.424 e. The number of carbonyl (C=O) groups is 1. The van der Waals surface area contributed by atoms with Crippen LogP contribution < -0.4 is 4.90 Å². The Morgan fingerprint density at radius 3 is 2.92 bits per heavy atom. The lowest BCUT2D eigenvalue weighted by Crippen LogP contribution is -2.44. The Balaban J connectivity index is 1.39. The predicted octanol–water partition coefficient (Wildman–Crippen LogP) is 2.05. The Hall–Kier alpha value is -2.88. The van der Waals surface area contributed by atoms with E-state index in [1.807, 2.05) is 22.1 Å². The van der Waals surface area contributed by atoms with E-state index >= 15 is 0 Å². The first kappa shape index (κ1) is 16.6. The molecule has 0 atom stereocenters. The van der Waals surface area contributed by atoms with Gasteiger partial charge in [-0.3, -0.25) is 9.78 Å². The molecule has 0 aromatic carbocycles. The number of oxazole rings is 1. The molecule has 0 aliphatic carbocycles. The summed E-state index contributed by atoms with van der Waals surface area (Å²) in [4.78, 5) is 25.4. The van der Waals surface area contributed by atoms with Gasteiger partial charge in [0.15, 0.2) is 5.89 Å². The summed E-state index contributed by atoms with van der Waals surface area (Å²) < 4.78 is 5.59. The van der Waals surface area contributed by atoms with Crippen molar-refractivity contribution < 1.29 is 9.21 Å². The fourth-order valence-electron chi connectivity index (χ4n) is 3.85. The lowest BCUT2D eigenvalue weighted by molar-refractivity contribution is -0.137. The van der Waals surface area contributed by atoms with E-state index in [4.69, 9.17) is 4.42 Å². The van der Waals surface area contributed by atoms with Gasteiger partial charge in [-0.05, 0) is 24.5 Å². The molecule has 0 spiro atoms. The maximum atomic E-state index is 12.9. The van der Waals surface area contributed by atoms with E-state index in [1.54, 1.807) is 6.92 Å². The third kappa shape index (κ3) is 3.03. The number of aromatic nitrogens is 2. The van der Waals surface area contributed by atoms with Crippen molar-refractivity contribution in [2.45, 2.75) is 32.7 Å². The lowest BCUT2D eigenvalue weighted by Gasteiger charge is -2.35. The highest BCUT2D eigenvalue weighted by molar-refractivity contribution is 5.79. The zero-order valence-corrected chi connectivity index (χ0v) is 14.8. The van der Waals surface area contributed by atoms with Crippen LogP contribution in [0, 0.1) is 24.2 Å². The molecule has 0 unspecified atom stereocenters. The van der Waals surface area contributed by atoms with Gasteiger partial charge in [0, 0.05) is 57.3 Å². The van der Waals surface area contributed by atoms with E-state index in [1.165, 1.54) is 0 Å². The Kier molecular flexibility index (Phi) is 4.33. The summed E-state index contributed by atoms with van der Waals surface area (Å²) in [6.45, 7) is 4.53. The van der Waals surface area contributed by atoms with Crippen molar-refractivity contribution in [3.63, 3.8) is 0 Å². The number of piperidine rings is 1. The molecular weight excluding hydrogens is 330 g/mol. The maximum Gasteiger partial charge on any atom is 0.234 e. The fourth-order valence-corrected chi connectivity index (χ4v) is 3.85. The van der Waals surface area contributed by atoms with Crippen LogP contribution in [0.4, 0.5) is 5.88 Å². The molecule has 2 aromatic heterocycles. The monoisotopic (exact) mass is 351 g/mol. The Labute approximate surface area is 152 Å². The molecule has 2 aliphatic heterocycles. The molecule has 2 aliphatic rings. The topological polar surface area (TPSA) is 86.3 Å². The summed E-state index contributed by atoms with van der Waals surface area (Å²) in [7, 11) is 0. The number of amides is 1. The van der Waals surface area contributed by atoms with Gasteiger partial charge < -0.3 is 14.2 Å². The minimum absolute atomic E-state index is 0.0269. The van der Waals surface area contributed by atoms with Crippen LogP contribution >= 0.6 is 0 Å². The first-order valence-corrected chi connectivity index (χ1v) is 8.99. The van der Waals surface area contributed by atoms with Crippen molar-refractivity contribution in [2.24, 2.45) is 5.92 Å². The third-order valence-corrected chi connectivity index (χ3v) is 5.23. The smallest absolute Gasteiger partial charge is 0.234 e. The van der Waals surface area contributed by atoms with Gasteiger partial charge in [-0.25, -0.2) is 4.98 Å². The number of pyridine rings is 1. The summed E-state index contributed by atoms with van der Waals surface area (Å²) in [6, 6.07) is 6.06. The summed E-state index contributed by atoms with van der Waals surface area (Å²) >= 11 is 0. The Bertz CT molecular complexity index is 861. The highest BCUT2D eigenvalue weighted by atomic mass is 16.4. The second-order valence-electron chi connectivity index (χ2n) is 6.88. The number of hydrogen-bond acceptors (Lipinski definition) is 6. The molecule has 0 bridgehead atoms. The van der Waals surface area contributed by atoms with Crippen molar-refractivity contribution in [1.82, 2.24) is 14.9 Å². The van der Waals surface area contributed by atoms with E-state index in [0.29, 0.717) is 37.1 Å². The van der Waals surface area contributed by atoms with E-state index in [2.05, 4.69) is 22.1 Å². The SMILES string of the molecule is Cc1nc(C#N)c(N2CCC(C(=O)N3CCc4ncccc4C3)CC2)o1. The molecule has 4 rings (SSSR count). The Morgan fingerprint density at radius 1 is 1.35 bits per heavy atom. The number of nitrogens with zero attached hydrogens (tertiary/aromatic N) is 5. The van der Waals surface area contributed by atoms with E-state index in [-0.39, 0.29) is 11.8 Å². The first-order chi connectivity index (χ1) is 12.7. The molecule has 1 saturated heterocycles. The quantitative estimate of drug-likeness (QED) is 0.823. The number of rotatable bonds is 2. The molecule has 4 heterocycles. The number of anilines is 1. The summed E-state index contributed by atoms with van der Waals surface area (Å²) in [5, 5.41) is 9.19. The van der Waals surface area contributed by atoms with Crippen molar-refractivity contribution in [1.29, 1.82) is 5.26 Å². The van der Waals surface area contributed by atoms with Gasteiger partial charge in [0.05, 0.1) is 0 Å². The highest BCUT2D eigenvalue weighted by Gasteiger charge is 2.32. The standard InChI is InChI=1S/C19H21N5O2/c1-13-22-17(11-20)19(26-13)23-8-4-14(5-9-23)18(25)24-10-6-16-15(12-24)3-2-7-21-16/h2-3,7,14H,4-6,8-10,12H2,1H3. The number of aryl methyl sites for hydroxylation is 1. The second-order valence-corrected chi connectivity index (χ2v) is 6.88. The largest absolute Gasteiger partial charge is 0.424 e. The predicted molar refractivity (Wildman–Crippen MR) is 94.3 cm³/mol. The normalized spacial score (nSPS) is 17.7. The molecule has 1 amide bonds.